The Morgan fingerprint density at radius 2 is 2.29 bits per heavy atom. The van der Waals surface area contributed by atoms with Crippen LogP contribution in [0, 0.1) is 5.82 Å². The second kappa shape index (κ2) is 4.75. The van der Waals surface area contributed by atoms with E-state index in [2.05, 4.69) is 26.3 Å². The molecule has 0 aliphatic rings. The molecular formula is C11H12BrFN4. The van der Waals surface area contributed by atoms with Gasteiger partial charge in [0.25, 0.3) is 0 Å². The molecule has 0 radical (unpaired) electrons. The van der Waals surface area contributed by atoms with E-state index >= 15 is 0 Å². The number of hydrogen-bond donors (Lipinski definition) is 2. The summed E-state index contributed by atoms with van der Waals surface area (Å²) in [6.45, 7) is 0.340. The van der Waals surface area contributed by atoms with Gasteiger partial charge in [-0.25, -0.2) is 4.39 Å². The molecule has 6 heteroatoms. The highest BCUT2D eigenvalue weighted by atomic mass is 79.9. The Hall–Kier alpha value is -1.56. The molecule has 0 amide bonds. The number of aromatic nitrogens is 2. The summed E-state index contributed by atoms with van der Waals surface area (Å²) in [6, 6.07) is 4.80. The minimum Gasteiger partial charge on any atom is -0.394 e. The van der Waals surface area contributed by atoms with Gasteiger partial charge in [-0.05, 0) is 18.2 Å². The van der Waals surface area contributed by atoms with Crippen LogP contribution >= 0.6 is 15.9 Å². The molecule has 0 atom stereocenters. The van der Waals surface area contributed by atoms with Crippen LogP contribution in [-0.4, -0.2) is 9.78 Å². The third-order valence-electron chi connectivity index (χ3n) is 2.31. The van der Waals surface area contributed by atoms with E-state index in [-0.39, 0.29) is 5.82 Å². The molecule has 90 valence electrons. The molecule has 0 bridgehead atoms. The van der Waals surface area contributed by atoms with Crippen molar-refractivity contribution in [3.63, 3.8) is 0 Å². The van der Waals surface area contributed by atoms with Gasteiger partial charge >= 0.3 is 0 Å². The van der Waals surface area contributed by atoms with Crippen molar-refractivity contribution in [3.05, 3.63) is 40.2 Å². The van der Waals surface area contributed by atoms with Gasteiger partial charge in [-0.1, -0.05) is 15.9 Å². The summed E-state index contributed by atoms with van der Waals surface area (Å²) in [4.78, 5) is 0. The molecular weight excluding hydrogens is 287 g/mol. The summed E-state index contributed by atoms with van der Waals surface area (Å²) in [7, 11) is 1.78. The molecule has 1 aromatic heterocycles. The van der Waals surface area contributed by atoms with Crippen LogP contribution < -0.4 is 11.1 Å². The van der Waals surface area contributed by atoms with Crippen molar-refractivity contribution in [2.45, 2.75) is 6.54 Å². The van der Waals surface area contributed by atoms with Gasteiger partial charge < -0.3 is 11.1 Å². The highest BCUT2D eigenvalue weighted by molar-refractivity contribution is 9.10. The zero-order valence-corrected chi connectivity index (χ0v) is 10.8. The summed E-state index contributed by atoms with van der Waals surface area (Å²) < 4.78 is 15.9. The number of halogens is 2. The second-order valence-corrected chi connectivity index (χ2v) is 4.61. The lowest BCUT2D eigenvalue weighted by atomic mass is 10.2. The van der Waals surface area contributed by atoms with Gasteiger partial charge in [-0.3, -0.25) is 4.68 Å². The number of nitrogens with one attached hydrogen (secondary N) is 1. The minimum atomic E-state index is -0.254. The summed E-state index contributed by atoms with van der Waals surface area (Å²) in [5, 5.41) is 7.12. The SMILES string of the molecule is Cn1cc(N)c(NCc2cc(Br)ccc2F)n1. The van der Waals surface area contributed by atoms with Crippen LogP contribution in [0.3, 0.4) is 0 Å². The van der Waals surface area contributed by atoms with Gasteiger partial charge in [-0.15, -0.1) is 0 Å². The van der Waals surface area contributed by atoms with E-state index in [0.29, 0.717) is 23.6 Å². The Morgan fingerprint density at radius 3 is 2.94 bits per heavy atom. The van der Waals surface area contributed by atoms with Gasteiger partial charge in [-0.2, -0.15) is 5.10 Å². The molecule has 0 aliphatic heterocycles. The number of nitrogen functional groups attached to an aromatic ring is 1. The fraction of sp³-hybridized carbons (Fsp3) is 0.182. The molecule has 0 saturated carbocycles. The predicted molar refractivity (Wildman–Crippen MR) is 69.0 cm³/mol. The van der Waals surface area contributed by atoms with Crippen LogP contribution in [-0.2, 0) is 13.6 Å². The Kier molecular flexibility index (Phi) is 3.33. The van der Waals surface area contributed by atoms with Crippen molar-refractivity contribution < 1.29 is 4.39 Å². The predicted octanol–water partition coefficient (Wildman–Crippen LogP) is 2.52. The highest BCUT2D eigenvalue weighted by Crippen LogP contribution is 2.19. The molecule has 0 saturated heterocycles. The first-order valence-corrected chi connectivity index (χ1v) is 5.82. The molecule has 2 rings (SSSR count). The van der Waals surface area contributed by atoms with Crippen LogP contribution in [0.1, 0.15) is 5.56 Å². The molecule has 1 heterocycles. The van der Waals surface area contributed by atoms with Crippen molar-refractivity contribution in [1.82, 2.24) is 9.78 Å². The minimum absolute atomic E-state index is 0.254. The molecule has 0 spiro atoms. The third kappa shape index (κ3) is 2.76. The van der Waals surface area contributed by atoms with Gasteiger partial charge in [0.15, 0.2) is 5.82 Å². The molecule has 0 fully saturated rings. The number of aryl methyl sites for hydroxylation is 1. The quantitative estimate of drug-likeness (QED) is 0.915. The molecule has 0 unspecified atom stereocenters. The first-order valence-electron chi connectivity index (χ1n) is 5.03. The van der Waals surface area contributed by atoms with Crippen LogP contribution in [0.2, 0.25) is 0 Å². The zero-order chi connectivity index (χ0) is 12.4. The second-order valence-electron chi connectivity index (χ2n) is 3.70. The molecule has 4 nitrogen and oxygen atoms in total. The van der Waals surface area contributed by atoms with Crippen LogP contribution in [0.4, 0.5) is 15.9 Å². The first kappa shape index (κ1) is 11.9. The fourth-order valence-corrected chi connectivity index (χ4v) is 1.91. The van der Waals surface area contributed by atoms with E-state index in [4.69, 9.17) is 5.73 Å². The summed E-state index contributed by atoms with van der Waals surface area (Å²) in [6.07, 6.45) is 1.69. The van der Waals surface area contributed by atoms with E-state index in [1.165, 1.54) is 6.07 Å². The summed E-state index contributed by atoms with van der Waals surface area (Å²) in [5.74, 6) is 0.307. The smallest absolute Gasteiger partial charge is 0.171 e. The third-order valence-corrected chi connectivity index (χ3v) is 2.80. The molecule has 1 aromatic carbocycles. The van der Waals surface area contributed by atoms with E-state index in [9.17, 15) is 4.39 Å². The van der Waals surface area contributed by atoms with Gasteiger partial charge in [0.05, 0.1) is 5.69 Å². The maximum Gasteiger partial charge on any atom is 0.171 e. The first-order chi connectivity index (χ1) is 8.06. The lowest BCUT2D eigenvalue weighted by Gasteiger charge is -2.06. The number of anilines is 2. The number of nitrogens with two attached hydrogens (primary N) is 1. The van der Waals surface area contributed by atoms with Crippen molar-refractivity contribution in [2.24, 2.45) is 7.05 Å². The van der Waals surface area contributed by atoms with Crippen molar-refractivity contribution in [3.8, 4) is 0 Å². The molecule has 2 aromatic rings. The number of benzene rings is 1. The van der Waals surface area contributed by atoms with Crippen LogP contribution in [0.15, 0.2) is 28.9 Å². The standard InChI is InChI=1S/C11H12BrFN4/c1-17-6-10(14)11(16-17)15-5-7-4-8(12)2-3-9(7)13/h2-4,6H,5,14H2,1H3,(H,15,16). The zero-order valence-electron chi connectivity index (χ0n) is 9.24. The number of hydrogen-bond acceptors (Lipinski definition) is 3. The largest absolute Gasteiger partial charge is 0.394 e. The maximum absolute atomic E-state index is 13.5. The fourth-order valence-electron chi connectivity index (χ4n) is 1.50. The van der Waals surface area contributed by atoms with Crippen molar-refractivity contribution >= 4 is 27.4 Å². The van der Waals surface area contributed by atoms with E-state index < -0.39 is 0 Å². The van der Waals surface area contributed by atoms with Crippen LogP contribution in [0.5, 0.6) is 0 Å². The topological polar surface area (TPSA) is 55.9 Å². The number of nitrogens with zero attached hydrogens (tertiary/aromatic N) is 2. The van der Waals surface area contributed by atoms with Crippen molar-refractivity contribution in [2.75, 3.05) is 11.1 Å². The van der Waals surface area contributed by atoms with Gasteiger partial charge in [0.2, 0.25) is 0 Å². The highest BCUT2D eigenvalue weighted by Gasteiger charge is 2.06. The lowest BCUT2D eigenvalue weighted by molar-refractivity contribution is 0.612. The van der Waals surface area contributed by atoms with E-state index in [1.807, 2.05) is 0 Å². The molecule has 3 N–H and O–H groups in total. The monoisotopic (exact) mass is 298 g/mol. The Balaban J connectivity index is 2.12. The molecule has 17 heavy (non-hydrogen) atoms. The summed E-state index contributed by atoms with van der Waals surface area (Å²) in [5.41, 5.74) is 6.83. The average Bonchev–Trinajstić information content (AvgIpc) is 2.59. The Morgan fingerprint density at radius 1 is 1.53 bits per heavy atom. The average molecular weight is 299 g/mol. The summed E-state index contributed by atoms with van der Waals surface area (Å²) >= 11 is 3.30. The molecule has 0 aliphatic carbocycles. The Labute approximate surface area is 107 Å². The lowest BCUT2D eigenvalue weighted by Crippen LogP contribution is -2.04. The Bertz CT molecular complexity index is 538. The van der Waals surface area contributed by atoms with E-state index in [1.54, 1.807) is 30.1 Å². The van der Waals surface area contributed by atoms with Crippen LogP contribution in [0.25, 0.3) is 0 Å². The van der Waals surface area contributed by atoms with Gasteiger partial charge in [0, 0.05) is 29.8 Å². The maximum atomic E-state index is 13.5. The van der Waals surface area contributed by atoms with Crippen molar-refractivity contribution in [1.29, 1.82) is 0 Å². The van der Waals surface area contributed by atoms with E-state index in [0.717, 1.165) is 4.47 Å². The normalized spacial score (nSPS) is 10.5. The van der Waals surface area contributed by atoms with Gasteiger partial charge in [0.1, 0.15) is 5.82 Å². The number of rotatable bonds is 3.